The molecule has 4 nitrogen and oxygen atoms in total. The van der Waals surface area contributed by atoms with Gasteiger partial charge < -0.3 is 9.99 Å². The lowest BCUT2D eigenvalue weighted by Gasteiger charge is -2.01. The largest absolute Gasteiger partial charge is 0.478 e. The first-order chi connectivity index (χ1) is 11.7. The predicted octanol–water partition coefficient (Wildman–Crippen LogP) is 6.26. The maximum Gasteiger partial charge on any atom is 0.328 e. The Morgan fingerprint density at radius 3 is 1.92 bits per heavy atom. The van der Waals surface area contributed by atoms with E-state index in [0.717, 1.165) is 18.9 Å². The minimum Gasteiger partial charge on any atom is -0.478 e. The third-order valence-corrected chi connectivity index (χ3v) is 3.86. The van der Waals surface area contributed by atoms with E-state index in [1.54, 1.807) is 6.08 Å². The highest BCUT2D eigenvalue weighted by molar-refractivity contribution is 5.80. The van der Waals surface area contributed by atoms with Crippen LogP contribution in [0.4, 0.5) is 0 Å². The van der Waals surface area contributed by atoms with Gasteiger partial charge in [0.25, 0.3) is 0 Å². The minimum absolute atomic E-state index is 0.232. The summed E-state index contributed by atoms with van der Waals surface area (Å²) in [6.45, 7) is 2.25. The van der Waals surface area contributed by atoms with E-state index in [1.807, 2.05) is 6.08 Å². The van der Waals surface area contributed by atoms with Gasteiger partial charge in [-0.25, -0.2) is 10.1 Å². The predicted molar refractivity (Wildman–Crippen MR) is 98.8 cm³/mol. The molecule has 0 aliphatic carbocycles. The number of carbonyl (C=O) groups is 1. The summed E-state index contributed by atoms with van der Waals surface area (Å²) in [5.74, 6) is -0.802. The molecule has 2 N–H and O–H groups in total. The lowest BCUT2D eigenvalue weighted by atomic mass is 10.1. The Labute approximate surface area is 146 Å². The molecule has 0 radical (unpaired) electrons. The second-order valence-electron chi connectivity index (χ2n) is 6.08. The van der Waals surface area contributed by atoms with Crippen LogP contribution < -0.4 is 0 Å². The van der Waals surface area contributed by atoms with Crippen LogP contribution >= 0.6 is 0 Å². The van der Waals surface area contributed by atoms with Crippen LogP contribution in [-0.4, -0.2) is 16.3 Å². The van der Waals surface area contributed by atoms with Gasteiger partial charge in [0.1, 0.15) is 0 Å². The molecular formula is C20H34O4. The Hall–Kier alpha value is -1.55. The van der Waals surface area contributed by atoms with Gasteiger partial charge in [-0.3, -0.25) is 0 Å². The van der Waals surface area contributed by atoms with Crippen molar-refractivity contribution in [3.63, 3.8) is 0 Å². The molecule has 0 aromatic heterocycles. The van der Waals surface area contributed by atoms with E-state index in [9.17, 15) is 4.79 Å². The van der Waals surface area contributed by atoms with Crippen LogP contribution in [-0.2, 0) is 9.68 Å². The van der Waals surface area contributed by atoms with Crippen molar-refractivity contribution >= 4 is 5.97 Å². The standard InChI is InChI=1S/C20H34O4/c1-2-3-4-5-6-7-8-9-10-11-12-13-14-16-19(24-23)17-15-18-20(21)22/h14-18,23H,2-13H2,1H3,(H,21,22)/b16-14+,18-15+,19-17-. The highest BCUT2D eigenvalue weighted by Crippen LogP contribution is 2.12. The quantitative estimate of drug-likeness (QED) is 0.0870. The van der Waals surface area contributed by atoms with Crippen LogP contribution in [0.1, 0.15) is 84.0 Å². The van der Waals surface area contributed by atoms with Crippen LogP contribution in [0.2, 0.25) is 0 Å². The third-order valence-electron chi connectivity index (χ3n) is 3.86. The number of rotatable bonds is 16. The van der Waals surface area contributed by atoms with Crippen LogP contribution in [0.5, 0.6) is 0 Å². The summed E-state index contributed by atoms with van der Waals surface area (Å²) >= 11 is 0. The Morgan fingerprint density at radius 2 is 1.42 bits per heavy atom. The molecule has 0 atom stereocenters. The Balaban J connectivity index is 3.52. The highest BCUT2D eigenvalue weighted by Gasteiger charge is 1.93. The number of hydrogen-bond acceptors (Lipinski definition) is 3. The summed E-state index contributed by atoms with van der Waals surface area (Å²) in [5.41, 5.74) is 0. The van der Waals surface area contributed by atoms with E-state index in [0.29, 0.717) is 0 Å². The van der Waals surface area contributed by atoms with Gasteiger partial charge in [-0.2, -0.15) is 0 Å². The molecular weight excluding hydrogens is 304 g/mol. The van der Waals surface area contributed by atoms with E-state index in [1.165, 1.54) is 76.4 Å². The number of aliphatic carboxylic acids is 1. The fourth-order valence-electron chi connectivity index (χ4n) is 2.47. The van der Waals surface area contributed by atoms with E-state index in [4.69, 9.17) is 10.4 Å². The maximum atomic E-state index is 10.3. The minimum atomic E-state index is -1.03. The first-order valence-electron chi connectivity index (χ1n) is 9.30. The number of hydrogen-bond donors (Lipinski definition) is 2. The van der Waals surface area contributed by atoms with Crippen LogP contribution in [0.25, 0.3) is 0 Å². The summed E-state index contributed by atoms with van der Waals surface area (Å²) in [7, 11) is 0. The summed E-state index contributed by atoms with van der Waals surface area (Å²) in [6, 6.07) is 0. The number of carboxylic acids is 1. The van der Waals surface area contributed by atoms with Gasteiger partial charge in [0.05, 0.1) is 0 Å². The van der Waals surface area contributed by atoms with Crippen LogP contribution in [0.15, 0.2) is 36.1 Å². The molecule has 0 saturated carbocycles. The van der Waals surface area contributed by atoms with Gasteiger partial charge in [0.15, 0.2) is 5.76 Å². The topological polar surface area (TPSA) is 66.8 Å². The molecule has 0 aliphatic rings. The molecule has 138 valence electrons. The fraction of sp³-hybridized carbons (Fsp3) is 0.650. The van der Waals surface area contributed by atoms with Crippen molar-refractivity contribution in [2.75, 3.05) is 0 Å². The molecule has 0 amide bonds. The molecule has 0 unspecified atom stereocenters. The van der Waals surface area contributed by atoms with Crippen molar-refractivity contribution in [1.82, 2.24) is 0 Å². The van der Waals surface area contributed by atoms with Gasteiger partial charge >= 0.3 is 5.97 Å². The molecule has 0 spiro atoms. The van der Waals surface area contributed by atoms with E-state index in [2.05, 4.69) is 11.8 Å². The average molecular weight is 338 g/mol. The van der Waals surface area contributed by atoms with Gasteiger partial charge in [-0.05, 0) is 25.0 Å². The molecule has 0 aliphatic heterocycles. The third kappa shape index (κ3) is 16.8. The molecule has 0 rings (SSSR count). The Morgan fingerprint density at radius 1 is 0.875 bits per heavy atom. The second-order valence-corrected chi connectivity index (χ2v) is 6.08. The van der Waals surface area contributed by atoms with Gasteiger partial charge in [0.2, 0.25) is 0 Å². The van der Waals surface area contributed by atoms with Crippen molar-refractivity contribution in [1.29, 1.82) is 0 Å². The molecule has 0 saturated heterocycles. The second kappa shape index (κ2) is 17.8. The molecule has 0 fully saturated rings. The zero-order valence-electron chi connectivity index (χ0n) is 15.1. The number of carboxylic acid groups (broad SMARTS) is 1. The van der Waals surface area contributed by atoms with Crippen LogP contribution in [0.3, 0.4) is 0 Å². The zero-order chi connectivity index (χ0) is 17.9. The average Bonchev–Trinajstić information content (AvgIpc) is 2.57. The van der Waals surface area contributed by atoms with Gasteiger partial charge in [-0.1, -0.05) is 83.3 Å². The van der Waals surface area contributed by atoms with Crippen molar-refractivity contribution in [3.05, 3.63) is 36.1 Å². The monoisotopic (exact) mass is 338 g/mol. The number of allylic oxidation sites excluding steroid dienone is 4. The van der Waals surface area contributed by atoms with E-state index in [-0.39, 0.29) is 5.76 Å². The summed E-state index contributed by atoms with van der Waals surface area (Å²) < 4.78 is 0. The maximum absolute atomic E-state index is 10.3. The van der Waals surface area contributed by atoms with E-state index >= 15 is 0 Å². The molecule has 0 aromatic carbocycles. The molecule has 0 heterocycles. The lowest BCUT2D eigenvalue weighted by molar-refractivity contribution is -0.198. The van der Waals surface area contributed by atoms with Crippen molar-refractivity contribution in [2.24, 2.45) is 0 Å². The van der Waals surface area contributed by atoms with Crippen molar-refractivity contribution in [3.8, 4) is 0 Å². The molecule has 0 aromatic rings. The van der Waals surface area contributed by atoms with Crippen molar-refractivity contribution in [2.45, 2.75) is 84.0 Å². The normalized spacial score (nSPS) is 12.3. The molecule has 4 heteroatoms. The van der Waals surface area contributed by atoms with Gasteiger partial charge in [-0.15, -0.1) is 0 Å². The summed E-state index contributed by atoms with van der Waals surface area (Å²) in [6.07, 6.45) is 22.8. The lowest BCUT2D eigenvalue weighted by Crippen LogP contribution is -1.86. The SMILES string of the molecule is CCCCCCCCCCCCC/C=C/C(=C/C=C/C(=O)O)OO. The van der Waals surface area contributed by atoms with Gasteiger partial charge in [0, 0.05) is 6.08 Å². The Bertz CT molecular complexity index is 383. The fourth-order valence-corrected chi connectivity index (χ4v) is 2.47. The first-order valence-corrected chi connectivity index (χ1v) is 9.30. The highest BCUT2D eigenvalue weighted by atomic mass is 17.1. The molecule has 0 bridgehead atoms. The smallest absolute Gasteiger partial charge is 0.328 e. The zero-order valence-corrected chi connectivity index (χ0v) is 15.1. The first kappa shape index (κ1) is 22.4. The molecule has 24 heavy (non-hydrogen) atoms. The summed E-state index contributed by atoms with van der Waals surface area (Å²) in [4.78, 5) is 14.5. The number of unbranched alkanes of at least 4 members (excludes halogenated alkanes) is 11. The van der Waals surface area contributed by atoms with Crippen molar-refractivity contribution < 1.29 is 20.0 Å². The Kier molecular flexibility index (Phi) is 16.6. The van der Waals surface area contributed by atoms with Crippen LogP contribution in [0, 0.1) is 0 Å². The summed E-state index contributed by atoms with van der Waals surface area (Å²) in [5, 5.41) is 17.1. The van der Waals surface area contributed by atoms with E-state index < -0.39 is 5.97 Å².